The van der Waals surface area contributed by atoms with Crippen LogP contribution in [0.15, 0.2) is 22.7 Å². The second-order valence-electron chi connectivity index (χ2n) is 4.02. The van der Waals surface area contributed by atoms with E-state index in [-0.39, 0.29) is 24.0 Å². The molecule has 0 amide bonds. The first-order chi connectivity index (χ1) is 8.54. The van der Waals surface area contributed by atoms with Crippen molar-refractivity contribution in [3.8, 4) is 0 Å². The summed E-state index contributed by atoms with van der Waals surface area (Å²) >= 11 is 0. The van der Waals surface area contributed by atoms with E-state index in [0.717, 1.165) is 0 Å². The molecule has 97 valence electrons. The van der Waals surface area contributed by atoms with Crippen LogP contribution in [0.4, 0.5) is 0 Å². The van der Waals surface area contributed by atoms with Crippen molar-refractivity contribution in [3.05, 3.63) is 29.1 Å². The summed E-state index contributed by atoms with van der Waals surface area (Å²) in [6.45, 7) is 1.81. The Kier molecular flexibility index (Phi) is 3.27. The lowest BCUT2D eigenvalue weighted by Crippen LogP contribution is -2.24. The molecule has 2 heterocycles. The van der Waals surface area contributed by atoms with E-state index in [9.17, 15) is 19.8 Å². The minimum absolute atomic E-state index is 0.106. The fourth-order valence-electron chi connectivity index (χ4n) is 1.78. The summed E-state index contributed by atoms with van der Waals surface area (Å²) in [4.78, 5) is 23.0. The largest absolute Gasteiger partial charge is 0.504 e. The maximum atomic E-state index is 11.6. The topological polar surface area (TPSA) is 93.1 Å². The molecule has 0 aromatic heterocycles. The molecule has 0 saturated carbocycles. The molecule has 18 heavy (non-hydrogen) atoms. The number of aliphatic hydroxyl groups excluding tert-OH is 2. The molecule has 6 heteroatoms. The molecule has 1 fully saturated rings. The maximum Gasteiger partial charge on any atom is 0.341 e. The molecule has 6 nitrogen and oxygen atoms in total. The number of esters is 2. The van der Waals surface area contributed by atoms with Crippen LogP contribution in [0, 0.1) is 6.42 Å². The monoisotopic (exact) mass is 253 g/mol. The SMILES string of the molecule is CCCC(=O)OC1OC(=O)C2=C(O)C(O)=C1C[CH]2. The van der Waals surface area contributed by atoms with E-state index in [4.69, 9.17) is 9.47 Å². The fourth-order valence-corrected chi connectivity index (χ4v) is 1.78. The van der Waals surface area contributed by atoms with Crippen LogP contribution in [0.5, 0.6) is 0 Å². The number of hydrogen-bond donors (Lipinski definition) is 2. The van der Waals surface area contributed by atoms with Gasteiger partial charge in [-0.1, -0.05) is 6.92 Å². The van der Waals surface area contributed by atoms with E-state index in [1.807, 2.05) is 6.92 Å². The Balaban J connectivity index is 2.24. The Labute approximate surface area is 104 Å². The first kappa shape index (κ1) is 12.5. The highest BCUT2D eigenvalue weighted by Crippen LogP contribution is 2.35. The van der Waals surface area contributed by atoms with E-state index in [1.54, 1.807) is 0 Å². The van der Waals surface area contributed by atoms with Crippen LogP contribution < -0.4 is 0 Å². The molecule has 1 saturated heterocycles. The third kappa shape index (κ3) is 2.05. The van der Waals surface area contributed by atoms with Crippen LogP contribution in [-0.4, -0.2) is 28.4 Å². The standard InChI is InChI=1S/C12H13O6/c1-2-3-8(13)17-12-7-5-4-6(11(16)18-12)9(14)10(7)15/h4,12,14-15H,2-3,5H2,1H3. The number of rotatable bonds is 3. The average molecular weight is 253 g/mol. The third-order valence-electron chi connectivity index (χ3n) is 2.72. The molecule has 3 rings (SSSR count). The van der Waals surface area contributed by atoms with Crippen molar-refractivity contribution >= 4 is 11.9 Å². The van der Waals surface area contributed by atoms with Gasteiger partial charge in [0.05, 0.1) is 11.1 Å². The highest BCUT2D eigenvalue weighted by Gasteiger charge is 2.39. The van der Waals surface area contributed by atoms with Crippen molar-refractivity contribution in [1.29, 1.82) is 0 Å². The van der Waals surface area contributed by atoms with E-state index < -0.39 is 29.7 Å². The van der Waals surface area contributed by atoms with Crippen LogP contribution in [0.2, 0.25) is 0 Å². The third-order valence-corrected chi connectivity index (χ3v) is 2.72. The summed E-state index contributed by atoms with van der Waals surface area (Å²) < 4.78 is 9.88. The molecular formula is C12H13O6. The molecule has 3 aliphatic rings. The van der Waals surface area contributed by atoms with Gasteiger partial charge in [0.1, 0.15) is 0 Å². The van der Waals surface area contributed by atoms with Crippen LogP contribution >= 0.6 is 0 Å². The summed E-state index contributed by atoms with van der Waals surface area (Å²) in [5.41, 5.74) is 0.0665. The summed E-state index contributed by atoms with van der Waals surface area (Å²) in [6, 6.07) is 0. The number of carbonyl (C=O) groups excluding carboxylic acids is 2. The van der Waals surface area contributed by atoms with Gasteiger partial charge in [-0.25, -0.2) is 4.79 Å². The van der Waals surface area contributed by atoms with Crippen molar-refractivity contribution in [2.45, 2.75) is 32.5 Å². The van der Waals surface area contributed by atoms with E-state index >= 15 is 0 Å². The number of carbonyl (C=O) groups is 2. The predicted octanol–water partition coefficient (Wildman–Crippen LogP) is 1.44. The first-order valence-electron chi connectivity index (χ1n) is 5.63. The van der Waals surface area contributed by atoms with Crippen LogP contribution in [0.25, 0.3) is 0 Å². The van der Waals surface area contributed by atoms with Crippen molar-refractivity contribution in [2.24, 2.45) is 0 Å². The molecule has 0 aromatic carbocycles. The van der Waals surface area contributed by atoms with Crippen LogP contribution in [0.1, 0.15) is 26.2 Å². The average Bonchev–Trinajstić information content (AvgIpc) is 2.50. The highest BCUT2D eigenvalue weighted by molar-refractivity contribution is 5.94. The molecule has 1 atom stereocenters. The number of fused-ring (bicyclic) bond motifs is 4. The molecule has 0 aromatic rings. The minimum atomic E-state index is -1.27. The minimum Gasteiger partial charge on any atom is -0.504 e. The van der Waals surface area contributed by atoms with Crippen molar-refractivity contribution < 1.29 is 29.3 Å². The highest BCUT2D eigenvalue weighted by atomic mass is 16.7. The molecular weight excluding hydrogens is 240 g/mol. The van der Waals surface area contributed by atoms with Gasteiger partial charge in [0, 0.05) is 12.8 Å². The maximum absolute atomic E-state index is 11.6. The summed E-state index contributed by atoms with van der Waals surface area (Å²) in [5.74, 6) is -2.32. The molecule has 1 aliphatic carbocycles. The van der Waals surface area contributed by atoms with Gasteiger partial charge in [-0.3, -0.25) is 4.79 Å². The van der Waals surface area contributed by atoms with Crippen LogP contribution in [-0.2, 0) is 19.1 Å². The van der Waals surface area contributed by atoms with Gasteiger partial charge >= 0.3 is 11.9 Å². The Hall–Kier alpha value is -1.98. The molecule has 0 spiro atoms. The van der Waals surface area contributed by atoms with Crippen molar-refractivity contribution in [2.75, 3.05) is 0 Å². The van der Waals surface area contributed by atoms with Gasteiger partial charge in [-0.05, 0) is 12.8 Å². The Morgan fingerprint density at radius 1 is 1.50 bits per heavy atom. The predicted molar refractivity (Wildman–Crippen MR) is 59.1 cm³/mol. The van der Waals surface area contributed by atoms with Gasteiger partial charge < -0.3 is 19.7 Å². The Morgan fingerprint density at radius 3 is 2.89 bits per heavy atom. The fraction of sp³-hybridized carbons (Fsp3) is 0.417. The van der Waals surface area contributed by atoms with Crippen molar-refractivity contribution in [3.63, 3.8) is 0 Å². The Morgan fingerprint density at radius 2 is 2.22 bits per heavy atom. The molecule has 2 bridgehead atoms. The molecule has 2 N–H and O–H groups in total. The number of aliphatic hydroxyl groups is 2. The molecule has 1 radical (unpaired) electrons. The lowest BCUT2D eigenvalue weighted by Gasteiger charge is -2.18. The lowest BCUT2D eigenvalue weighted by molar-refractivity contribution is -0.177. The zero-order valence-electron chi connectivity index (χ0n) is 9.80. The van der Waals surface area contributed by atoms with Gasteiger partial charge in [0.15, 0.2) is 11.5 Å². The van der Waals surface area contributed by atoms with Gasteiger partial charge in [0.25, 0.3) is 6.29 Å². The van der Waals surface area contributed by atoms with E-state index in [2.05, 4.69) is 0 Å². The van der Waals surface area contributed by atoms with Gasteiger partial charge in [-0.15, -0.1) is 0 Å². The number of hydrogen-bond acceptors (Lipinski definition) is 6. The molecule has 1 unspecified atom stereocenters. The van der Waals surface area contributed by atoms with Crippen molar-refractivity contribution in [1.82, 2.24) is 0 Å². The van der Waals surface area contributed by atoms with Gasteiger partial charge in [0.2, 0.25) is 0 Å². The number of ether oxygens (including phenoxy) is 2. The zero-order chi connectivity index (χ0) is 13.3. The zero-order valence-corrected chi connectivity index (χ0v) is 9.80. The van der Waals surface area contributed by atoms with Gasteiger partial charge in [-0.2, -0.15) is 0 Å². The quantitative estimate of drug-likeness (QED) is 0.739. The van der Waals surface area contributed by atoms with E-state index in [1.165, 1.54) is 6.42 Å². The molecule has 2 aliphatic heterocycles. The van der Waals surface area contributed by atoms with E-state index in [0.29, 0.717) is 6.42 Å². The lowest BCUT2D eigenvalue weighted by atomic mass is 9.97. The second-order valence-corrected chi connectivity index (χ2v) is 4.02. The normalized spacial score (nSPS) is 22.9. The second kappa shape index (κ2) is 4.72. The summed E-state index contributed by atoms with van der Waals surface area (Å²) in [5, 5.41) is 19.3. The Bertz CT molecular complexity index is 459. The van der Waals surface area contributed by atoms with Crippen LogP contribution in [0.3, 0.4) is 0 Å². The smallest absolute Gasteiger partial charge is 0.341 e. The first-order valence-corrected chi connectivity index (χ1v) is 5.63. The summed E-state index contributed by atoms with van der Waals surface area (Å²) in [7, 11) is 0. The summed E-state index contributed by atoms with van der Waals surface area (Å²) in [6.07, 6.45) is 1.15.